The number of hydrogen-bond acceptors (Lipinski definition) is 5. The van der Waals surface area contributed by atoms with Crippen molar-refractivity contribution in [2.75, 3.05) is 23.3 Å². The van der Waals surface area contributed by atoms with Crippen LogP contribution in [-0.4, -0.2) is 41.8 Å². The van der Waals surface area contributed by atoms with E-state index in [0.29, 0.717) is 44.5 Å². The maximum Gasteiger partial charge on any atom is 0.257 e. The average Bonchev–Trinajstić information content (AvgIpc) is 2.80. The minimum atomic E-state index is -0.282. The number of hydrogen-bond donors (Lipinski definition) is 2. The van der Waals surface area contributed by atoms with Gasteiger partial charge >= 0.3 is 0 Å². The maximum atomic E-state index is 12.8. The number of anilines is 2. The van der Waals surface area contributed by atoms with Gasteiger partial charge in [0.1, 0.15) is 5.82 Å². The second kappa shape index (κ2) is 10.6. The maximum absolute atomic E-state index is 12.8. The van der Waals surface area contributed by atoms with Crippen LogP contribution in [0.15, 0.2) is 60.8 Å². The van der Waals surface area contributed by atoms with Crippen LogP contribution in [0.1, 0.15) is 40.1 Å². The quantitative estimate of drug-likeness (QED) is 0.455. The fourth-order valence-electron chi connectivity index (χ4n) is 4.15. The van der Waals surface area contributed by atoms with Gasteiger partial charge in [0.25, 0.3) is 5.91 Å². The molecule has 1 aromatic heterocycles. The predicted octanol–water partition coefficient (Wildman–Crippen LogP) is 5.25. The number of aromatic nitrogens is 1. The summed E-state index contributed by atoms with van der Waals surface area (Å²) in [7, 11) is 0. The van der Waals surface area contributed by atoms with Crippen LogP contribution in [0.2, 0.25) is 10.0 Å². The Kier molecular flexibility index (Phi) is 7.51. The molecule has 0 unspecified atom stereocenters. The van der Waals surface area contributed by atoms with Gasteiger partial charge in [0, 0.05) is 59.1 Å². The summed E-state index contributed by atoms with van der Waals surface area (Å²) in [5.74, 6) is 0.463. The Balaban J connectivity index is 1.43. The molecule has 2 atom stereocenters. The molecule has 3 aromatic rings. The van der Waals surface area contributed by atoms with E-state index in [1.807, 2.05) is 6.07 Å². The zero-order valence-corrected chi connectivity index (χ0v) is 20.5. The zero-order chi connectivity index (χ0) is 24.2. The first-order chi connectivity index (χ1) is 16.3. The van der Waals surface area contributed by atoms with Gasteiger partial charge < -0.3 is 15.5 Å². The second-order valence-electron chi connectivity index (χ2n) is 8.65. The lowest BCUT2D eigenvalue weighted by Gasteiger charge is -2.36. The molecule has 0 saturated carbocycles. The van der Waals surface area contributed by atoms with Crippen molar-refractivity contribution in [1.29, 1.82) is 0 Å². The molecule has 34 heavy (non-hydrogen) atoms. The van der Waals surface area contributed by atoms with Crippen LogP contribution in [0.3, 0.4) is 0 Å². The smallest absolute Gasteiger partial charge is 0.257 e. The molecule has 2 aromatic carbocycles. The third-order valence-corrected chi connectivity index (χ3v) is 6.30. The Labute approximate surface area is 209 Å². The number of carbonyl (C=O) groups is 2. The third kappa shape index (κ3) is 5.95. The fraction of sp³-hybridized carbons (Fsp3) is 0.269. The largest absolute Gasteiger partial charge is 0.354 e. The van der Waals surface area contributed by atoms with E-state index < -0.39 is 0 Å². The lowest BCUT2D eigenvalue weighted by Crippen LogP contribution is -2.54. The monoisotopic (exact) mass is 496 g/mol. The van der Waals surface area contributed by atoms with E-state index in [9.17, 15) is 9.59 Å². The minimum absolute atomic E-state index is 0.0979. The Morgan fingerprint density at radius 1 is 1.03 bits per heavy atom. The lowest BCUT2D eigenvalue weighted by atomic mass is 10.0. The molecule has 6 nitrogen and oxygen atoms in total. The van der Waals surface area contributed by atoms with Gasteiger partial charge in [-0.05, 0) is 61.9 Å². The van der Waals surface area contributed by atoms with Crippen LogP contribution in [-0.2, 0) is 6.42 Å². The van der Waals surface area contributed by atoms with Gasteiger partial charge in [-0.2, -0.15) is 0 Å². The Morgan fingerprint density at radius 3 is 2.47 bits per heavy atom. The van der Waals surface area contributed by atoms with Gasteiger partial charge in [0.05, 0.1) is 5.56 Å². The van der Waals surface area contributed by atoms with Crippen molar-refractivity contribution >= 4 is 46.4 Å². The van der Waals surface area contributed by atoms with E-state index in [1.165, 1.54) is 0 Å². The van der Waals surface area contributed by atoms with Gasteiger partial charge in [-0.25, -0.2) is 4.98 Å². The first-order valence-electron chi connectivity index (χ1n) is 11.1. The van der Waals surface area contributed by atoms with Crippen molar-refractivity contribution in [3.63, 3.8) is 0 Å². The standard InChI is InChI=1S/C26H26Cl2N4O2/c1-16-14-32(15-17(2)30-16)25-9-6-19(13-29-25)26(34)31-22-7-8-23(28)20(11-22)12-24(33)18-4-3-5-21(27)10-18/h3-11,13,16-17,30H,12,14-15H2,1-2H3,(H,31,34)/t16-,17+. The summed E-state index contributed by atoms with van der Waals surface area (Å²) in [6, 6.07) is 16.3. The van der Waals surface area contributed by atoms with Crippen molar-refractivity contribution in [2.24, 2.45) is 0 Å². The third-order valence-electron chi connectivity index (χ3n) is 5.69. The van der Waals surface area contributed by atoms with Gasteiger partial charge in [-0.15, -0.1) is 0 Å². The molecule has 8 heteroatoms. The van der Waals surface area contributed by atoms with Crippen LogP contribution >= 0.6 is 23.2 Å². The minimum Gasteiger partial charge on any atom is -0.354 e. The summed E-state index contributed by atoms with van der Waals surface area (Å²) < 4.78 is 0. The molecule has 176 valence electrons. The summed E-state index contributed by atoms with van der Waals surface area (Å²) in [6.07, 6.45) is 1.68. The highest BCUT2D eigenvalue weighted by Crippen LogP contribution is 2.24. The van der Waals surface area contributed by atoms with Crippen LogP contribution in [0.25, 0.3) is 0 Å². The summed E-state index contributed by atoms with van der Waals surface area (Å²) in [5, 5.41) is 7.32. The van der Waals surface area contributed by atoms with Crippen molar-refractivity contribution in [3.05, 3.63) is 87.5 Å². The van der Waals surface area contributed by atoms with Crippen LogP contribution in [0.4, 0.5) is 11.5 Å². The van der Waals surface area contributed by atoms with E-state index in [1.54, 1.807) is 54.7 Å². The number of Topliss-reactive ketones (excluding diaryl/α,β-unsaturated/α-hetero) is 1. The Bertz CT molecular complexity index is 1190. The molecule has 0 radical (unpaired) electrons. The fourth-order valence-corrected chi connectivity index (χ4v) is 4.52. The molecule has 4 rings (SSSR count). The van der Waals surface area contributed by atoms with Crippen LogP contribution in [0.5, 0.6) is 0 Å². The molecule has 0 aliphatic carbocycles. The van der Waals surface area contributed by atoms with Crippen molar-refractivity contribution in [3.8, 4) is 0 Å². The van der Waals surface area contributed by atoms with Gasteiger partial charge in [0.15, 0.2) is 5.78 Å². The molecule has 2 N–H and O–H groups in total. The summed E-state index contributed by atoms with van der Waals surface area (Å²) in [6.45, 7) is 6.02. The van der Waals surface area contributed by atoms with Gasteiger partial charge in [-0.1, -0.05) is 35.3 Å². The van der Waals surface area contributed by atoms with E-state index in [0.717, 1.165) is 18.9 Å². The summed E-state index contributed by atoms with van der Waals surface area (Å²) >= 11 is 12.3. The number of ketones is 1. The van der Waals surface area contributed by atoms with Crippen molar-refractivity contribution in [2.45, 2.75) is 32.4 Å². The highest BCUT2D eigenvalue weighted by Gasteiger charge is 2.22. The second-order valence-corrected chi connectivity index (χ2v) is 9.49. The molecular weight excluding hydrogens is 471 g/mol. The average molecular weight is 497 g/mol. The summed E-state index contributed by atoms with van der Waals surface area (Å²) in [4.78, 5) is 32.2. The van der Waals surface area contributed by atoms with E-state index >= 15 is 0 Å². The number of pyridine rings is 1. The van der Waals surface area contributed by atoms with Gasteiger partial charge in [-0.3, -0.25) is 9.59 Å². The van der Waals surface area contributed by atoms with E-state index in [-0.39, 0.29) is 18.1 Å². The molecule has 0 spiro atoms. The number of piperazine rings is 1. The zero-order valence-electron chi connectivity index (χ0n) is 19.0. The number of carbonyl (C=O) groups excluding carboxylic acids is 2. The number of nitrogens with one attached hydrogen (secondary N) is 2. The highest BCUT2D eigenvalue weighted by molar-refractivity contribution is 6.32. The molecule has 2 heterocycles. The first-order valence-corrected chi connectivity index (χ1v) is 11.9. The molecule has 1 amide bonds. The number of benzene rings is 2. The summed E-state index contributed by atoms with van der Waals surface area (Å²) in [5.41, 5.74) is 2.14. The number of rotatable bonds is 6. The molecule has 1 aliphatic heterocycles. The van der Waals surface area contributed by atoms with Crippen LogP contribution in [0, 0.1) is 0 Å². The van der Waals surface area contributed by atoms with Crippen molar-refractivity contribution < 1.29 is 9.59 Å². The Morgan fingerprint density at radius 2 is 1.79 bits per heavy atom. The van der Waals surface area contributed by atoms with E-state index in [2.05, 4.69) is 34.4 Å². The van der Waals surface area contributed by atoms with Crippen LogP contribution < -0.4 is 15.5 Å². The molecule has 1 aliphatic rings. The number of halogens is 2. The van der Waals surface area contributed by atoms with E-state index in [4.69, 9.17) is 23.2 Å². The highest BCUT2D eigenvalue weighted by atomic mass is 35.5. The number of nitrogens with zero attached hydrogens (tertiary/aromatic N) is 2. The van der Waals surface area contributed by atoms with Gasteiger partial charge in [0.2, 0.25) is 0 Å². The van der Waals surface area contributed by atoms with Crippen molar-refractivity contribution in [1.82, 2.24) is 10.3 Å². The number of amides is 1. The lowest BCUT2D eigenvalue weighted by molar-refractivity contribution is 0.0991. The molecule has 0 bridgehead atoms. The Hall–Kier alpha value is -2.93. The molecule has 1 fully saturated rings. The predicted molar refractivity (Wildman–Crippen MR) is 137 cm³/mol. The molecule has 1 saturated heterocycles. The topological polar surface area (TPSA) is 74.3 Å². The molecular formula is C26H26Cl2N4O2. The normalized spacial score (nSPS) is 17.9. The first kappa shape index (κ1) is 24.2. The SMILES string of the molecule is C[C@@H]1CN(c2ccc(C(=O)Nc3ccc(Cl)c(CC(=O)c4cccc(Cl)c4)c3)cn2)C[C@H](C)N1.